The highest BCUT2D eigenvalue weighted by atomic mass is 19.4. The van der Waals surface area contributed by atoms with E-state index in [1.54, 1.807) is 0 Å². The number of hydrogen-bond donors (Lipinski definition) is 2. The molecule has 94 valence electrons. The van der Waals surface area contributed by atoms with E-state index < -0.39 is 30.7 Å². The molecule has 0 radical (unpaired) electrons. The Balaban J connectivity index is 2.54. The molecular weight excluding hydrogens is 240 g/mol. The van der Waals surface area contributed by atoms with Crippen LogP contribution in [0, 0.1) is 5.82 Å². The molecule has 0 aliphatic rings. The van der Waals surface area contributed by atoms with Gasteiger partial charge in [-0.1, -0.05) is 0 Å². The topological polar surface area (TPSA) is 55.1 Å². The van der Waals surface area contributed by atoms with Gasteiger partial charge in [0.1, 0.15) is 5.82 Å². The molecule has 0 bridgehead atoms. The lowest BCUT2D eigenvalue weighted by Crippen LogP contribution is -2.16. The number of nitrogens with two attached hydrogens (primary N) is 1. The number of nitrogen functional groups attached to an aromatic ring is 1. The molecule has 1 amide bonds. The van der Waals surface area contributed by atoms with Crippen LogP contribution in [0.3, 0.4) is 0 Å². The van der Waals surface area contributed by atoms with Gasteiger partial charge in [-0.25, -0.2) is 4.39 Å². The van der Waals surface area contributed by atoms with Gasteiger partial charge in [-0.3, -0.25) is 4.79 Å². The van der Waals surface area contributed by atoms with Crippen LogP contribution in [0.15, 0.2) is 18.2 Å². The summed E-state index contributed by atoms with van der Waals surface area (Å²) in [5.74, 6) is -1.56. The third kappa shape index (κ3) is 4.71. The van der Waals surface area contributed by atoms with Crippen LogP contribution in [-0.2, 0) is 4.79 Å². The van der Waals surface area contributed by atoms with Gasteiger partial charge in [-0.05, 0) is 18.2 Å². The van der Waals surface area contributed by atoms with Crippen LogP contribution in [0.25, 0.3) is 0 Å². The maximum Gasteiger partial charge on any atom is 0.389 e. The maximum atomic E-state index is 12.9. The third-order valence-corrected chi connectivity index (χ3v) is 1.92. The Morgan fingerprint density at radius 3 is 2.53 bits per heavy atom. The first-order valence-corrected chi connectivity index (χ1v) is 4.69. The molecule has 1 aromatic rings. The van der Waals surface area contributed by atoms with Crippen LogP contribution < -0.4 is 11.1 Å². The molecule has 1 rings (SSSR count). The molecule has 0 unspecified atom stereocenters. The van der Waals surface area contributed by atoms with Crippen molar-refractivity contribution in [2.75, 3.05) is 11.1 Å². The van der Waals surface area contributed by atoms with Crippen LogP contribution in [0.4, 0.5) is 28.9 Å². The summed E-state index contributed by atoms with van der Waals surface area (Å²) in [7, 11) is 0. The van der Waals surface area contributed by atoms with Gasteiger partial charge in [0, 0.05) is 12.1 Å². The molecule has 3 nitrogen and oxygen atoms in total. The van der Waals surface area contributed by atoms with E-state index in [0.29, 0.717) is 0 Å². The Hall–Kier alpha value is -1.79. The van der Waals surface area contributed by atoms with Crippen molar-refractivity contribution in [2.45, 2.75) is 19.0 Å². The van der Waals surface area contributed by atoms with Crippen molar-refractivity contribution < 1.29 is 22.4 Å². The average molecular weight is 250 g/mol. The molecule has 0 saturated heterocycles. The molecule has 0 spiro atoms. The number of hydrogen-bond acceptors (Lipinski definition) is 2. The SMILES string of the molecule is Nc1ccc(NC(=O)CCC(F)(F)F)cc1F. The Kier molecular flexibility index (Phi) is 3.93. The van der Waals surface area contributed by atoms with Crippen molar-refractivity contribution in [3.8, 4) is 0 Å². The Labute approximate surface area is 94.6 Å². The lowest BCUT2D eigenvalue weighted by atomic mass is 10.2. The summed E-state index contributed by atoms with van der Waals surface area (Å²) < 4.78 is 48.4. The van der Waals surface area contributed by atoms with Crippen molar-refractivity contribution in [3.05, 3.63) is 24.0 Å². The van der Waals surface area contributed by atoms with E-state index in [0.717, 1.165) is 6.07 Å². The fourth-order valence-corrected chi connectivity index (χ4v) is 1.08. The number of halogens is 4. The second kappa shape index (κ2) is 5.03. The molecule has 0 heterocycles. The zero-order valence-electron chi connectivity index (χ0n) is 8.64. The van der Waals surface area contributed by atoms with Crippen molar-refractivity contribution >= 4 is 17.3 Å². The van der Waals surface area contributed by atoms with Crippen LogP contribution in [0.5, 0.6) is 0 Å². The molecule has 0 aliphatic carbocycles. The summed E-state index contributed by atoms with van der Waals surface area (Å²) in [4.78, 5) is 11.1. The quantitative estimate of drug-likeness (QED) is 0.640. The van der Waals surface area contributed by atoms with Crippen LogP contribution in [0.2, 0.25) is 0 Å². The molecule has 0 saturated carbocycles. The minimum absolute atomic E-state index is 0.0730. The fourth-order valence-electron chi connectivity index (χ4n) is 1.08. The van der Waals surface area contributed by atoms with Crippen LogP contribution >= 0.6 is 0 Å². The molecule has 3 N–H and O–H groups in total. The van der Waals surface area contributed by atoms with E-state index in [1.165, 1.54) is 12.1 Å². The van der Waals surface area contributed by atoms with E-state index >= 15 is 0 Å². The summed E-state index contributed by atoms with van der Waals surface area (Å²) in [6.45, 7) is 0. The average Bonchev–Trinajstić information content (AvgIpc) is 2.20. The molecule has 0 aliphatic heterocycles. The standard InChI is InChI=1S/C10H10F4N2O/c11-7-5-6(1-2-8(7)15)16-9(17)3-4-10(12,13)14/h1-2,5H,3-4,15H2,(H,16,17). The number of alkyl halides is 3. The number of anilines is 2. The number of nitrogens with one attached hydrogen (secondary N) is 1. The minimum atomic E-state index is -4.39. The minimum Gasteiger partial charge on any atom is -0.396 e. The van der Waals surface area contributed by atoms with Gasteiger partial charge >= 0.3 is 6.18 Å². The van der Waals surface area contributed by atoms with Crippen LogP contribution in [0.1, 0.15) is 12.8 Å². The van der Waals surface area contributed by atoms with Crippen molar-refractivity contribution in [1.82, 2.24) is 0 Å². The first kappa shape index (κ1) is 13.3. The Bertz CT molecular complexity index is 417. The van der Waals surface area contributed by atoms with E-state index in [-0.39, 0.29) is 11.4 Å². The van der Waals surface area contributed by atoms with Crippen molar-refractivity contribution in [2.24, 2.45) is 0 Å². The normalized spacial score (nSPS) is 11.3. The van der Waals surface area contributed by atoms with Gasteiger partial charge in [-0.2, -0.15) is 13.2 Å². The fraction of sp³-hybridized carbons (Fsp3) is 0.300. The number of carbonyl (C=O) groups excluding carboxylic acids is 1. The number of amides is 1. The maximum absolute atomic E-state index is 12.9. The predicted molar refractivity (Wildman–Crippen MR) is 54.7 cm³/mol. The monoisotopic (exact) mass is 250 g/mol. The zero-order valence-corrected chi connectivity index (χ0v) is 8.64. The third-order valence-electron chi connectivity index (χ3n) is 1.92. The number of carbonyl (C=O) groups is 1. The first-order chi connectivity index (χ1) is 7.78. The smallest absolute Gasteiger partial charge is 0.389 e. The summed E-state index contributed by atoms with van der Waals surface area (Å²) in [5.41, 5.74) is 5.17. The van der Waals surface area contributed by atoms with Gasteiger partial charge in [0.2, 0.25) is 5.91 Å². The molecule has 0 atom stereocenters. The second-order valence-corrected chi connectivity index (χ2v) is 3.40. The van der Waals surface area contributed by atoms with E-state index in [2.05, 4.69) is 5.32 Å². The molecular formula is C10H10F4N2O. The van der Waals surface area contributed by atoms with E-state index in [4.69, 9.17) is 5.73 Å². The van der Waals surface area contributed by atoms with Gasteiger partial charge in [0.15, 0.2) is 0 Å². The van der Waals surface area contributed by atoms with E-state index in [9.17, 15) is 22.4 Å². The highest BCUT2D eigenvalue weighted by Crippen LogP contribution is 2.22. The highest BCUT2D eigenvalue weighted by Gasteiger charge is 2.27. The summed E-state index contributed by atoms with van der Waals surface area (Å²) in [6, 6.07) is 3.47. The van der Waals surface area contributed by atoms with Gasteiger partial charge in [0.25, 0.3) is 0 Å². The molecule has 0 aromatic heterocycles. The summed E-state index contributed by atoms with van der Waals surface area (Å²) in [6.07, 6.45) is -6.30. The van der Waals surface area contributed by atoms with E-state index in [1.807, 2.05) is 0 Å². The molecule has 7 heteroatoms. The second-order valence-electron chi connectivity index (χ2n) is 3.40. The lowest BCUT2D eigenvalue weighted by molar-refractivity contribution is -0.142. The Morgan fingerprint density at radius 1 is 1.35 bits per heavy atom. The largest absolute Gasteiger partial charge is 0.396 e. The molecule has 17 heavy (non-hydrogen) atoms. The van der Waals surface area contributed by atoms with Crippen molar-refractivity contribution in [1.29, 1.82) is 0 Å². The van der Waals surface area contributed by atoms with Crippen LogP contribution in [-0.4, -0.2) is 12.1 Å². The first-order valence-electron chi connectivity index (χ1n) is 4.69. The van der Waals surface area contributed by atoms with Gasteiger partial charge in [0.05, 0.1) is 12.1 Å². The van der Waals surface area contributed by atoms with Gasteiger partial charge < -0.3 is 11.1 Å². The highest BCUT2D eigenvalue weighted by molar-refractivity contribution is 5.90. The zero-order chi connectivity index (χ0) is 13.1. The molecule has 1 aromatic carbocycles. The van der Waals surface area contributed by atoms with Gasteiger partial charge in [-0.15, -0.1) is 0 Å². The lowest BCUT2D eigenvalue weighted by Gasteiger charge is -2.08. The molecule has 0 fully saturated rings. The summed E-state index contributed by atoms with van der Waals surface area (Å²) in [5, 5.41) is 2.15. The van der Waals surface area contributed by atoms with Crippen molar-refractivity contribution in [3.63, 3.8) is 0 Å². The number of rotatable bonds is 3. The predicted octanol–water partition coefficient (Wildman–Crippen LogP) is 2.69. The number of benzene rings is 1. The Morgan fingerprint density at radius 2 is 2.00 bits per heavy atom. The summed E-state index contributed by atoms with van der Waals surface area (Å²) >= 11 is 0.